The van der Waals surface area contributed by atoms with Crippen molar-refractivity contribution < 1.29 is 19.0 Å². The Kier molecular flexibility index (Phi) is 5.64. The van der Waals surface area contributed by atoms with Crippen molar-refractivity contribution in [3.8, 4) is 5.88 Å². The summed E-state index contributed by atoms with van der Waals surface area (Å²) >= 11 is 0. The van der Waals surface area contributed by atoms with Gasteiger partial charge in [0.05, 0.1) is 37.1 Å². The summed E-state index contributed by atoms with van der Waals surface area (Å²) in [6, 6.07) is 4.34. The third kappa shape index (κ3) is 4.18. The number of carboxylic acids is 1. The van der Waals surface area contributed by atoms with E-state index in [0.29, 0.717) is 30.7 Å². The Labute approximate surface area is 196 Å². The molecule has 0 bridgehead atoms. The summed E-state index contributed by atoms with van der Waals surface area (Å²) in [5.41, 5.74) is 5.75. The Balaban J connectivity index is 1.36. The summed E-state index contributed by atoms with van der Waals surface area (Å²) < 4.78 is 20.0. The van der Waals surface area contributed by atoms with Crippen LogP contribution in [0.3, 0.4) is 0 Å². The topological polar surface area (TPSA) is 104 Å². The number of carbonyl (C=O) groups is 1. The predicted molar refractivity (Wildman–Crippen MR) is 126 cm³/mol. The van der Waals surface area contributed by atoms with Crippen LogP contribution >= 0.6 is 0 Å². The third-order valence-electron chi connectivity index (χ3n) is 6.23. The molecule has 5 rings (SSSR count). The second-order valence-corrected chi connectivity index (χ2v) is 8.53. The molecule has 0 aliphatic carbocycles. The molecule has 10 heteroatoms. The summed E-state index contributed by atoms with van der Waals surface area (Å²) in [7, 11) is 2.05. The molecular formula is C24H25FN6O3. The van der Waals surface area contributed by atoms with Gasteiger partial charge in [-0.25, -0.2) is 19.3 Å². The molecule has 0 amide bonds. The lowest BCUT2D eigenvalue weighted by Gasteiger charge is -2.34. The fraction of sp³-hybridized carbons (Fsp3) is 0.333. The maximum absolute atomic E-state index is 14.2. The number of nitrogens with zero attached hydrogens (tertiary/aromatic N) is 5. The molecule has 34 heavy (non-hydrogen) atoms. The van der Waals surface area contributed by atoms with Crippen molar-refractivity contribution in [2.24, 2.45) is 0 Å². The van der Waals surface area contributed by atoms with E-state index in [-0.39, 0.29) is 12.0 Å². The number of pyridine rings is 1. The number of hydrogen-bond donors (Lipinski definition) is 2. The Morgan fingerprint density at radius 2 is 2.12 bits per heavy atom. The summed E-state index contributed by atoms with van der Waals surface area (Å²) in [5.74, 6) is -0.631. The molecule has 2 aromatic heterocycles. The monoisotopic (exact) mass is 464 g/mol. The van der Waals surface area contributed by atoms with Crippen LogP contribution in [0, 0.1) is 12.7 Å². The van der Waals surface area contributed by atoms with Gasteiger partial charge in [0, 0.05) is 31.0 Å². The van der Waals surface area contributed by atoms with Gasteiger partial charge in [-0.1, -0.05) is 6.07 Å². The number of ether oxygens (including phenoxy) is 1. The fourth-order valence-electron chi connectivity index (χ4n) is 4.45. The first-order valence-electron chi connectivity index (χ1n) is 11.1. The molecule has 9 nitrogen and oxygen atoms in total. The van der Waals surface area contributed by atoms with E-state index in [1.165, 1.54) is 12.1 Å². The van der Waals surface area contributed by atoms with Crippen LogP contribution in [0.4, 0.5) is 27.4 Å². The predicted octanol–water partition coefficient (Wildman–Crippen LogP) is 3.08. The van der Waals surface area contributed by atoms with Gasteiger partial charge in [-0.3, -0.25) is 4.79 Å². The van der Waals surface area contributed by atoms with Gasteiger partial charge in [-0.2, -0.15) is 0 Å². The van der Waals surface area contributed by atoms with E-state index in [1.807, 2.05) is 13.2 Å². The van der Waals surface area contributed by atoms with Gasteiger partial charge in [0.25, 0.3) is 0 Å². The van der Waals surface area contributed by atoms with E-state index in [2.05, 4.69) is 37.0 Å². The molecule has 0 saturated heterocycles. The minimum atomic E-state index is -1.08. The number of fused-ring (bicyclic) bond motifs is 2. The Hall–Kier alpha value is -3.95. The average molecular weight is 465 g/mol. The molecule has 0 atom stereocenters. The second kappa shape index (κ2) is 8.77. The van der Waals surface area contributed by atoms with Gasteiger partial charge in [0.15, 0.2) is 0 Å². The molecule has 0 fully saturated rings. The van der Waals surface area contributed by atoms with Crippen molar-refractivity contribution in [3.63, 3.8) is 0 Å². The van der Waals surface area contributed by atoms with Crippen LogP contribution in [0.15, 0.2) is 30.6 Å². The number of nitrogens with one attached hydrogen (secondary N) is 1. The lowest BCUT2D eigenvalue weighted by atomic mass is 10.0. The minimum absolute atomic E-state index is 0.130. The molecule has 0 spiro atoms. The number of carboxylic acid groups (broad SMARTS) is 1. The van der Waals surface area contributed by atoms with E-state index in [0.717, 1.165) is 47.7 Å². The van der Waals surface area contributed by atoms with Crippen LogP contribution in [-0.2, 0) is 24.2 Å². The molecule has 0 saturated carbocycles. The van der Waals surface area contributed by atoms with E-state index >= 15 is 0 Å². The Morgan fingerprint density at radius 3 is 2.91 bits per heavy atom. The molecular weight excluding hydrogens is 439 g/mol. The third-order valence-corrected chi connectivity index (χ3v) is 6.23. The number of likely N-dealkylation sites (N-methyl/N-ethyl adjacent to an activating group) is 1. The van der Waals surface area contributed by atoms with E-state index in [1.54, 1.807) is 12.3 Å². The number of benzene rings is 1. The molecule has 0 radical (unpaired) electrons. The lowest BCUT2D eigenvalue weighted by Crippen LogP contribution is -2.34. The van der Waals surface area contributed by atoms with Crippen molar-refractivity contribution in [3.05, 3.63) is 58.8 Å². The molecule has 2 aliphatic heterocycles. The van der Waals surface area contributed by atoms with Crippen molar-refractivity contribution in [2.75, 3.05) is 41.9 Å². The average Bonchev–Trinajstić information content (AvgIpc) is 2.80. The van der Waals surface area contributed by atoms with Crippen molar-refractivity contribution in [2.45, 2.75) is 26.3 Å². The van der Waals surface area contributed by atoms with E-state index < -0.39 is 11.8 Å². The van der Waals surface area contributed by atoms with Gasteiger partial charge in [0.1, 0.15) is 18.1 Å². The van der Waals surface area contributed by atoms with Gasteiger partial charge < -0.3 is 25.0 Å². The maximum Gasteiger partial charge on any atom is 0.307 e. The Morgan fingerprint density at radius 1 is 1.26 bits per heavy atom. The standard InChI is InChI=1S/C24H25FN6O3/c1-14-20(12-26-23-22(14)30(2)7-8-34-23)31-6-5-16-11-27-24(29-19(16)13-31)28-17-4-3-15(9-21(32)33)18(25)10-17/h3-4,10-12H,5-9,13H2,1-2H3,(H,32,33)(H,27,28,29). The van der Waals surface area contributed by atoms with Crippen LogP contribution in [0.1, 0.15) is 22.4 Å². The highest BCUT2D eigenvalue weighted by Gasteiger charge is 2.25. The normalized spacial score (nSPS) is 14.8. The molecule has 2 aliphatic rings. The van der Waals surface area contributed by atoms with E-state index in [4.69, 9.17) is 9.84 Å². The minimum Gasteiger partial charge on any atom is -0.481 e. The maximum atomic E-state index is 14.2. The zero-order valence-corrected chi connectivity index (χ0v) is 19.0. The SMILES string of the molecule is Cc1c(N2CCc3cnc(Nc4ccc(CC(=O)O)c(F)c4)nc3C2)cnc2c1N(C)CCO2. The van der Waals surface area contributed by atoms with Crippen molar-refractivity contribution >= 4 is 29.0 Å². The lowest BCUT2D eigenvalue weighted by molar-refractivity contribution is -0.136. The van der Waals surface area contributed by atoms with Gasteiger partial charge in [-0.05, 0) is 36.6 Å². The first-order valence-corrected chi connectivity index (χ1v) is 11.1. The number of aliphatic carboxylic acids is 1. The Bertz CT molecular complexity index is 1270. The highest BCUT2D eigenvalue weighted by molar-refractivity contribution is 5.72. The molecule has 3 aromatic rings. The fourth-order valence-corrected chi connectivity index (χ4v) is 4.45. The number of hydrogen-bond acceptors (Lipinski definition) is 8. The smallest absolute Gasteiger partial charge is 0.307 e. The number of halogens is 1. The van der Waals surface area contributed by atoms with Crippen LogP contribution in [0.5, 0.6) is 5.88 Å². The highest BCUT2D eigenvalue weighted by Crippen LogP contribution is 2.38. The largest absolute Gasteiger partial charge is 0.481 e. The summed E-state index contributed by atoms with van der Waals surface area (Å²) in [4.78, 5) is 28.9. The van der Waals surface area contributed by atoms with Crippen LogP contribution in [0.2, 0.25) is 0 Å². The second-order valence-electron chi connectivity index (χ2n) is 8.53. The van der Waals surface area contributed by atoms with Crippen LogP contribution in [-0.4, -0.2) is 52.8 Å². The van der Waals surface area contributed by atoms with E-state index in [9.17, 15) is 9.18 Å². The quantitative estimate of drug-likeness (QED) is 0.589. The highest BCUT2D eigenvalue weighted by atomic mass is 19.1. The van der Waals surface area contributed by atoms with Crippen LogP contribution < -0.4 is 19.9 Å². The summed E-state index contributed by atoms with van der Waals surface area (Å²) in [6.07, 6.45) is 4.10. The molecule has 176 valence electrons. The number of rotatable bonds is 5. The van der Waals surface area contributed by atoms with Gasteiger partial charge in [-0.15, -0.1) is 0 Å². The van der Waals surface area contributed by atoms with Crippen LogP contribution in [0.25, 0.3) is 0 Å². The summed E-state index contributed by atoms with van der Waals surface area (Å²) in [5, 5.41) is 11.9. The zero-order chi connectivity index (χ0) is 23.8. The van der Waals surface area contributed by atoms with Crippen molar-refractivity contribution in [1.82, 2.24) is 15.0 Å². The molecule has 2 N–H and O–H groups in total. The summed E-state index contributed by atoms with van der Waals surface area (Å²) in [6.45, 7) is 4.97. The van der Waals surface area contributed by atoms with Gasteiger partial charge in [0.2, 0.25) is 11.8 Å². The zero-order valence-electron chi connectivity index (χ0n) is 19.0. The molecule has 1 aromatic carbocycles. The van der Waals surface area contributed by atoms with Gasteiger partial charge >= 0.3 is 5.97 Å². The first-order chi connectivity index (χ1) is 16.4. The van der Waals surface area contributed by atoms with Crippen molar-refractivity contribution in [1.29, 1.82) is 0 Å². The number of aromatic nitrogens is 3. The number of anilines is 4. The molecule has 4 heterocycles. The molecule has 0 unspecified atom stereocenters. The first kappa shape index (κ1) is 21.9.